The summed E-state index contributed by atoms with van der Waals surface area (Å²) in [7, 11) is 3.28. The molecule has 1 unspecified atom stereocenters. The molecule has 0 bridgehead atoms. The quantitative estimate of drug-likeness (QED) is 0.847. The van der Waals surface area contributed by atoms with Gasteiger partial charge in [0, 0.05) is 6.54 Å². The fourth-order valence-electron chi connectivity index (χ4n) is 2.01. The zero-order valence-electron chi connectivity index (χ0n) is 11.4. The van der Waals surface area contributed by atoms with E-state index in [2.05, 4.69) is 6.07 Å². The van der Waals surface area contributed by atoms with Gasteiger partial charge < -0.3 is 9.84 Å². The van der Waals surface area contributed by atoms with Crippen molar-refractivity contribution in [3.05, 3.63) is 29.3 Å². The standard InChI is InChI=1S/C14H18N2O3/c1-4-12(14(17)18)16(2)9-10-5-6-13(19-3)11(7-10)8-15/h5-7,12H,4,9H2,1-3H3,(H,17,18). The minimum absolute atomic E-state index is 0.455. The van der Waals surface area contributed by atoms with Crippen molar-refractivity contribution in [3.63, 3.8) is 0 Å². The third-order valence-electron chi connectivity index (χ3n) is 3.02. The van der Waals surface area contributed by atoms with Gasteiger partial charge in [0.25, 0.3) is 0 Å². The third kappa shape index (κ3) is 3.70. The van der Waals surface area contributed by atoms with Gasteiger partial charge in [0.2, 0.25) is 0 Å². The Bertz CT molecular complexity index is 494. The van der Waals surface area contributed by atoms with Crippen molar-refractivity contribution in [1.82, 2.24) is 4.90 Å². The largest absolute Gasteiger partial charge is 0.495 e. The van der Waals surface area contributed by atoms with Crippen LogP contribution in [-0.2, 0) is 11.3 Å². The van der Waals surface area contributed by atoms with Crippen LogP contribution in [0.2, 0.25) is 0 Å². The zero-order valence-corrected chi connectivity index (χ0v) is 11.4. The summed E-state index contributed by atoms with van der Waals surface area (Å²) in [6.07, 6.45) is 0.535. The van der Waals surface area contributed by atoms with Crippen molar-refractivity contribution in [2.75, 3.05) is 14.2 Å². The maximum atomic E-state index is 11.1. The Kier molecular flexibility index (Phi) is 5.34. The summed E-state index contributed by atoms with van der Waals surface area (Å²) < 4.78 is 5.07. The Labute approximate surface area is 113 Å². The van der Waals surface area contributed by atoms with Crippen LogP contribution in [0, 0.1) is 11.3 Å². The summed E-state index contributed by atoms with van der Waals surface area (Å²) in [5.74, 6) is -0.307. The van der Waals surface area contributed by atoms with E-state index in [0.717, 1.165) is 5.56 Å². The number of ether oxygens (including phenoxy) is 1. The van der Waals surface area contributed by atoms with Crippen molar-refractivity contribution in [2.45, 2.75) is 25.9 Å². The van der Waals surface area contributed by atoms with Gasteiger partial charge in [0.1, 0.15) is 17.9 Å². The number of likely N-dealkylation sites (N-methyl/N-ethyl adjacent to an activating group) is 1. The van der Waals surface area contributed by atoms with Crippen molar-refractivity contribution >= 4 is 5.97 Å². The number of benzene rings is 1. The molecule has 0 saturated carbocycles. The molecule has 0 saturated heterocycles. The van der Waals surface area contributed by atoms with E-state index < -0.39 is 12.0 Å². The molecule has 19 heavy (non-hydrogen) atoms. The Morgan fingerprint density at radius 1 is 1.58 bits per heavy atom. The van der Waals surface area contributed by atoms with E-state index in [9.17, 15) is 4.79 Å². The monoisotopic (exact) mass is 262 g/mol. The highest BCUT2D eigenvalue weighted by Crippen LogP contribution is 2.20. The van der Waals surface area contributed by atoms with Crippen molar-refractivity contribution < 1.29 is 14.6 Å². The first-order valence-corrected chi connectivity index (χ1v) is 6.03. The lowest BCUT2D eigenvalue weighted by Gasteiger charge is -2.23. The Morgan fingerprint density at radius 2 is 2.26 bits per heavy atom. The van der Waals surface area contributed by atoms with Crippen molar-refractivity contribution in [2.24, 2.45) is 0 Å². The molecule has 0 radical (unpaired) electrons. The molecule has 0 aromatic heterocycles. The van der Waals surface area contributed by atoms with Gasteiger partial charge in [-0.1, -0.05) is 13.0 Å². The zero-order chi connectivity index (χ0) is 14.4. The molecule has 0 spiro atoms. The van der Waals surface area contributed by atoms with E-state index >= 15 is 0 Å². The molecule has 0 aliphatic heterocycles. The summed E-state index contributed by atoms with van der Waals surface area (Å²) in [4.78, 5) is 12.8. The third-order valence-corrected chi connectivity index (χ3v) is 3.02. The van der Waals surface area contributed by atoms with Gasteiger partial charge in [0.15, 0.2) is 0 Å². The summed E-state index contributed by atoms with van der Waals surface area (Å²) in [6.45, 7) is 2.31. The first kappa shape index (κ1) is 15.0. The van der Waals surface area contributed by atoms with E-state index in [1.165, 1.54) is 7.11 Å². The smallest absolute Gasteiger partial charge is 0.320 e. The summed E-state index contributed by atoms with van der Waals surface area (Å²) in [6, 6.07) is 6.84. The fourth-order valence-corrected chi connectivity index (χ4v) is 2.01. The van der Waals surface area contributed by atoms with Gasteiger partial charge in [-0.3, -0.25) is 9.69 Å². The van der Waals surface area contributed by atoms with Crippen LogP contribution in [0.3, 0.4) is 0 Å². The van der Waals surface area contributed by atoms with Crippen LogP contribution < -0.4 is 4.74 Å². The van der Waals surface area contributed by atoms with Crippen molar-refractivity contribution in [1.29, 1.82) is 5.26 Å². The fraction of sp³-hybridized carbons (Fsp3) is 0.429. The molecule has 5 heteroatoms. The van der Waals surface area contributed by atoms with Crippen LogP contribution >= 0.6 is 0 Å². The molecule has 1 rings (SSSR count). The van der Waals surface area contributed by atoms with Gasteiger partial charge in [-0.05, 0) is 31.2 Å². The number of rotatable bonds is 6. The molecular weight excluding hydrogens is 244 g/mol. The van der Waals surface area contributed by atoms with Crippen LogP contribution in [0.25, 0.3) is 0 Å². The molecule has 0 amide bonds. The van der Waals surface area contributed by atoms with Crippen LogP contribution in [0.15, 0.2) is 18.2 Å². The molecule has 102 valence electrons. The predicted octanol–water partition coefficient (Wildman–Crippen LogP) is 1.86. The summed E-state index contributed by atoms with van der Waals surface area (Å²) in [5, 5.41) is 18.1. The number of carboxylic acid groups (broad SMARTS) is 1. The Hall–Kier alpha value is -2.06. The summed E-state index contributed by atoms with van der Waals surface area (Å²) in [5.41, 5.74) is 1.34. The average Bonchev–Trinajstić information content (AvgIpc) is 2.38. The van der Waals surface area contributed by atoms with Crippen molar-refractivity contribution in [3.8, 4) is 11.8 Å². The molecule has 1 aromatic rings. The molecule has 0 aliphatic rings. The Balaban J connectivity index is 2.88. The van der Waals surface area contributed by atoms with Crippen LogP contribution in [0.5, 0.6) is 5.75 Å². The molecule has 0 heterocycles. The highest BCUT2D eigenvalue weighted by Gasteiger charge is 2.20. The predicted molar refractivity (Wildman–Crippen MR) is 70.9 cm³/mol. The Morgan fingerprint density at radius 3 is 2.74 bits per heavy atom. The van der Waals surface area contributed by atoms with Gasteiger partial charge in [-0.2, -0.15) is 5.26 Å². The second-order valence-electron chi connectivity index (χ2n) is 4.32. The average molecular weight is 262 g/mol. The number of methoxy groups -OCH3 is 1. The molecule has 5 nitrogen and oxygen atoms in total. The molecule has 0 fully saturated rings. The number of hydrogen-bond donors (Lipinski definition) is 1. The van der Waals surface area contributed by atoms with Gasteiger partial charge in [-0.15, -0.1) is 0 Å². The van der Waals surface area contributed by atoms with Gasteiger partial charge in [0.05, 0.1) is 12.7 Å². The minimum Gasteiger partial charge on any atom is -0.495 e. The maximum Gasteiger partial charge on any atom is 0.320 e. The lowest BCUT2D eigenvalue weighted by molar-refractivity contribution is -0.143. The number of nitriles is 1. The normalized spacial score (nSPS) is 11.9. The lowest BCUT2D eigenvalue weighted by Crippen LogP contribution is -2.37. The molecule has 1 N–H and O–H groups in total. The van der Waals surface area contributed by atoms with E-state index in [1.54, 1.807) is 24.1 Å². The highest BCUT2D eigenvalue weighted by molar-refractivity contribution is 5.73. The van der Waals surface area contributed by atoms with Crippen LogP contribution in [-0.4, -0.2) is 36.2 Å². The second kappa shape index (κ2) is 6.76. The first-order valence-electron chi connectivity index (χ1n) is 6.03. The molecular formula is C14H18N2O3. The summed E-state index contributed by atoms with van der Waals surface area (Å²) >= 11 is 0. The van der Waals surface area contributed by atoms with Crippen LogP contribution in [0.4, 0.5) is 0 Å². The molecule has 0 aliphatic carbocycles. The topological polar surface area (TPSA) is 73.6 Å². The van der Waals surface area contributed by atoms with Gasteiger partial charge in [-0.25, -0.2) is 0 Å². The van der Waals surface area contributed by atoms with E-state index in [-0.39, 0.29) is 0 Å². The van der Waals surface area contributed by atoms with Crippen LogP contribution in [0.1, 0.15) is 24.5 Å². The lowest BCUT2D eigenvalue weighted by atomic mass is 10.1. The first-order chi connectivity index (χ1) is 9.03. The number of aliphatic carboxylic acids is 1. The number of carboxylic acids is 1. The SMILES string of the molecule is CCC(C(=O)O)N(C)Cc1ccc(OC)c(C#N)c1. The molecule has 1 atom stereocenters. The maximum absolute atomic E-state index is 11.1. The minimum atomic E-state index is -0.834. The number of carbonyl (C=O) groups is 1. The van der Waals surface area contributed by atoms with E-state index in [1.807, 2.05) is 13.0 Å². The second-order valence-corrected chi connectivity index (χ2v) is 4.32. The van der Waals surface area contributed by atoms with Gasteiger partial charge >= 0.3 is 5.97 Å². The van der Waals surface area contributed by atoms with E-state index in [0.29, 0.717) is 24.3 Å². The highest BCUT2D eigenvalue weighted by atomic mass is 16.5. The van der Waals surface area contributed by atoms with E-state index in [4.69, 9.17) is 15.1 Å². The number of nitrogens with zero attached hydrogens (tertiary/aromatic N) is 2. The molecule has 1 aromatic carbocycles. The number of hydrogen-bond acceptors (Lipinski definition) is 4.